The van der Waals surface area contributed by atoms with Gasteiger partial charge in [0.15, 0.2) is 0 Å². The molecule has 0 fully saturated rings. The first-order valence-corrected chi connectivity index (χ1v) is 5.96. The summed E-state index contributed by atoms with van der Waals surface area (Å²) in [6.07, 6.45) is 2.74. The van der Waals surface area contributed by atoms with Gasteiger partial charge >= 0.3 is 0 Å². The Labute approximate surface area is 115 Å². The largest absolute Gasteiger partial charge is 0.279 e. The SMILES string of the molecule is CONC(=C(Cl)c1cnccc1F)c1ccccc1. The molecule has 3 nitrogen and oxygen atoms in total. The van der Waals surface area contributed by atoms with E-state index in [-0.39, 0.29) is 10.6 Å². The van der Waals surface area contributed by atoms with Gasteiger partial charge in [-0.25, -0.2) is 4.39 Å². The fourth-order valence-electron chi connectivity index (χ4n) is 1.61. The molecule has 2 rings (SSSR count). The van der Waals surface area contributed by atoms with Crippen LogP contribution < -0.4 is 5.48 Å². The number of nitrogens with one attached hydrogen (secondary N) is 1. The van der Waals surface area contributed by atoms with E-state index in [0.29, 0.717) is 5.70 Å². The normalized spacial score (nSPS) is 11.9. The predicted molar refractivity (Wildman–Crippen MR) is 73.4 cm³/mol. The highest BCUT2D eigenvalue weighted by Crippen LogP contribution is 2.28. The standard InChI is InChI=1S/C14H12ClFN2O/c1-19-18-14(10-5-3-2-4-6-10)13(15)11-9-17-8-7-12(11)16/h2-9,18H,1H3. The summed E-state index contributed by atoms with van der Waals surface area (Å²) in [7, 11) is 1.46. The van der Waals surface area contributed by atoms with Crippen molar-refractivity contribution in [2.75, 3.05) is 7.11 Å². The Morgan fingerprint density at radius 1 is 1.26 bits per heavy atom. The predicted octanol–water partition coefficient (Wildman–Crippen LogP) is 3.44. The lowest BCUT2D eigenvalue weighted by molar-refractivity contribution is 0.137. The maximum atomic E-state index is 13.7. The number of hydrogen-bond donors (Lipinski definition) is 1. The lowest BCUT2D eigenvalue weighted by atomic mass is 10.1. The van der Waals surface area contributed by atoms with Gasteiger partial charge in [-0.15, -0.1) is 0 Å². The minimum absolute atomic E-state index is 0.207. The van der Waals surface area contributed by atoms with Gasteiger partial charge in [-0.1, -0.05) is 41.9 Å². The molecule has 1 heterocycles. The smallest absolute Gasteiger partial charge is 0.135 e. The number of aromatic nitrogens is 1. The zero-order chi connectivity index (χ0) is 13.7. The molecular weight excluding hydrogens is 267 g/mol. The maximum absolute atomic E-state index is 13.7. The summed E-state index contributed by atoms with van der Waals surface area (Å²) in [4.78, 5) is 8.78. The first kappa shape index (κ1) is 13.5. The van der Waals surface area contributed by atoms with Gasteiger partial charge in [0.25, 0.3) is 0 Å². The zero-order valence-corrected chi connectivity index (χ0v) is 11.0. The molecule has 0 unspecified atom stereocenters. The van der Waals surface area contributed by atoms with E-state index >= 15 is 0 Å². The fourth-order valence-corrected chi connectivity index (χ4v) is 1.90. The van der Waals surface area contributed by atoms with Crippen LogP contribution in [0.15, 0.2) is 48.8 Å². The number of halogens is 2. The average Bonchev–Trinajstić information content (AvgIpc) is 2.45. The van der Waals surface area contributed by atoms with E-state index in [4.69, 9.17) is 16.4 Å². The van der Waals surface area contributed by atoms with Crippen molar-refractivity contribution in [2.24, 2.45) is 0 Å². The molecule has 0 bridgehead atoms. The van der Waals surface area contributed by atoms with Crippen LogP contribution in [0, 0.1) is 5.82 Å². The van der Waals surface area contributed by atoms with Gasteiger partial charge in [-0.05, 0) is 6.07 Å². The minimum Gasteiger partial charge on any atom is -0.279 e. The summed E-state index contributed by atoms with van der Waals surface area (Å²) in [6.45, 7) is 0. The number of pyridine rings is 1. The lowest BCUT2D eigenvalue weighted by Crippen LogP contribution is -2.11. The van der Waals surface area contributed by atoms with Crippen LogP contribution in [0.1, 0.15) is 11.1 Å². The van der Waals surface area contributed by atoms with Gasteiger partial charge in [-0.2, -0.15) is 0 Å². The Bertz CT molecular complexity index is 587. The van der Waals surface area contributed by atoms with Crippen LogP contribution >= 0.6 is 11.6 Å². The first-order valence-electron chi connectivity index (χ1n) is 5.58. The van der Waals surface area contributed by atoms with Gasteiger partial charge < -0.3 is 0 Å². The second-order valence-electron chi connectivity index (χ2n) is 3.72. The van der Waals surface area contributed by atoms with Crippen molar-refractivity contribution in [1.82, 2.24) is 10.5 Å². The molecule has 0 aliphatic heterocycles. The highest BCUT2D eigenvalue weighted by atomic mass is 35.5. The number of nitrogens with zero attached hydrogens (tertiary/aromatic N) is 1. The molecule has 1 aromatic carbocycles. The summed E-state index contributed by atoms with van der Waals surface area (Å²) in [5.74, 6) is -0.439. The van der Waals surface area contributed by atoms with E-state index in [9.17, 15) is 4.39 Å². The van der Waals surface area contributed by atoms with Crippen molar-refractivity contribution in [3.05, 3.63) is 65.7 Å². The van der Waals surface area contributed by atoms with E-state index in [1.807, 2.05) is 30.3 Å². The molecule has 0 amide bonds. The molecule has 0 atom stereocenters. The van der Waals surface area contributed by atoms with Gasteiger partial charge in [0, 0.05) is 23.5 Å². The third kappa shape index (κ3) is 3.10. The fraction of sp³-hybridized carbons (Fsp3) is 0.0714. The molecule has 5 heteroatoms. The van der Waals surface area contributed by atoms with Crippen LogP contribution in [0.2, 0.25) is 0 Å². The number of benzene rings is 1. The monoisotopic (exact) mass is 278 g/mol. The molecule has 0 saturated carbocycles. The summed E-state index contributed by atoms with van der Waals surface area (Å²) in [6, 6.07) is 10.5. The molecule has 19 heavy (non-hydrogen) atoms. The quantitative estimate of drug-likeness (QED) is 0.870. The van der Waals surface area contributed by atoms with Crippen LogP contribution in [0.25, 0.3) is 10.7 Å². The Balaban J connectivity index is 2.54. The molecule has 0 aliphatic carbocycles. The number of hydroxylamine groups is 1. The third-order valence-electron chi connectivity index (χ3n) is 2.49. The molecule has 1 aromatic heterocycles. The van der Waals surface area contributed by atoms with E-state index in [2.05, 4.69) is 10.5 Å². The molecule has 0 spiro atoms. The van der Waals surface area contributed by atoms with Crippen LogP contribution in [-0.2, 0) is 4.84 Å². The van der Waals surface area contributed by atoms with E-state index in [1.54, 1.807) is 0 Å². The summed E-state index contributed by atoms with van der Waals surface area (Å²) in [5.41, 5.74) is 4.17. The van der Waals surface area contributed by atoms with Gasteiger partial charge in [0.2, 0.25) is 0 Å². The molecule has 2 aromatic rings. The van der Waals surface area contributed by atoms with Crippen molar-refractivity contribution in [3.8, 4) is 0 Å². The third-order valence-corrected chi connectivity index (χ3v) is 2.88. The van der Waals surface area contributed by atoms with E-state index < -0.39 is 5.82 Å². The highest BCUT2D eigenvalue weighted by molar-refractivity contribution is 6.52. The number of hydrogen-bond acceptors (Lipinski definition) is 3. The lowest BCUT2D eigenvalue weighted by Gasteiger charge is -2.12. The summed E-state index contributed by atoms with van der Waals surface area (Å²) >= 11 is 6.25. The molecular formula is C14H12ClFN2O. The zero-order valence-electron chi connectivity index (χ0n) is 10.2. The van der Waals surface area contributed by atoms with Crippen molar-refractivity contribution >= 4 is 22.3 Å². The van der Waals surface area contributed by atoms with E-state index in [0.717, 1.165) is 5.56 Å². The second-order valence-corrected chi connectivity index (χ2v) is 4.09. The van der Waals surface area contributed by atoms with Crippen molar-refractivity contribution in [1.29, 1.82) is 0 Å². The number of rotatable bonds is 4. The minimum atomic E-state index is -0.439. The van der Waals surface area contributed by atoms with Crippen LogP contribution in [0.3, 0.4) is 0 Å². The van der Waals surface area contributed by atoms with Crippen LogP contribution in [-0.4, -0.2) is 12.1 Å². The van der Waals surface area contributed by atoms with Gasteiger partial charge in [0.05, 0.1) is 17.8 Å². The Morgan fingerprint density at radius 3 is 2.63 bits per heavy atom. The van der Waals surface area contributed by atoms with Gasteiger partial charge in [0.1, 0.15) is 5.82 Å². The Morgan fingerprint density at radius 2 is 2.00 bits per heavy atom. The van der Waals surface area contributed by atoms with Gasteiger partial charge in [-0.3, -0.25) is 15.3 Å². The summed E-state index contributed by atoms with van der Waals surface area (Å²) < 4.78 is 13.7. The summed E-state index contributed by atoms with van der Waals surface area (Å²) in [5, 5.41) is 0.207. The topological polar surface area (TPSA) is 34.1 Å². The van der Waals surface area contributed by atoms with Crippen molar-refractivity contribution in [3.63, 3.8) is 0 Å². The Hall–Kier alpha value is -1.91. The molecule has 0 aliphatic rings. The molecule has 0 saturated heterocycles. The highest BCUT2D eigenvalue weighted by Gasteiger charge is 2.13. The Kier molecular flexibility index (Phi) is 4.49. The van der Waals surface area contributed by atoms with Crippen LogP contribution in [0.4, 0.5) is 4.39 Å². The molecule has 98 valence electrons. The van der Waals surface area contributed by atoms with Crippen LogP contribution in [0.5, 0.6) is 0 Å². The van der Waals surface area contributed by atoms with E-state index in [1.165, 1.54) is 25.6 Å². The average molecular weight is 279 g/mol. The molecule has 0 radical (unpaired) electrons. The van der Waals surface area contributed by atoms with Crippen molar-refractivity contribution < 1.29 is 9.23 Å². The molecule has 1 N–H and O–H groups in total. The first-order chi connectivity index (χ1) is 9.24. The maximum Gasteiger partial charge on any atom is 0.135 e. The van der Waals surface area contributed by atoms with Crippen molar-refractivity contribution in [2.45, 2.75) is 0 Å². The second kappa shape index (κ2) is 6.31.